The molecule has 0 radical (unpaired) electrons. The number of alkyl halides is 3. The summed E-state index contributed by atoms with van der Waals surface area (Å²) >= 11 is 19.6. The SMILES string of the molecule is ClCC1(Cl)Sc2cccnc2C1Cl. The normalized spacial score (nSPS) is 31.8. The van der Waals surface area contributed by atoms with Gasteiger partial charge in [0.1, 0.15) is 9.58 Å². The summed E-state index contributed by atoms with van der Waals surface area (Å²) in [6.45, 7) is 0. The van der Waals surface area contributed by atoms with Gasteiger partial charge in [-0.1, -0.05) is 11.8 Å². The van der Waals surface area contributed by atoms with E-state index in [-0.39, 0.29) is 5.38 Å². The third kappa shape index (κ3) is 1.54. The molecule has 0 saturated carbocycles. The first-order chi connectivity index (χ1) is 6.17. The fourth-order valence-electron chi connectivity index (χ4n) is 1.21. The zero-order valence-corrected chi connectivity index (χ0v) is 9.59. The molecule has 1 aromatic rings. The molecule has 70 valence electrons. The Morgan fingerprint density at radius 2 is 2.38 bits per heavy atom. The number of pyridine rings is 1. The van der Waals surface area contributed by atoms with Crippen molar-refractivity contribution in [2.75, 3.05) is 5.88 Å². The highest BCUT2D eigenvalue weighted by Gasteiger charge is 2.45. The lowest BCUT2D eigenvalue weighted by Crippen LogP contribution is -2.20. The zero-order chi connectivity index (χ0) is 9.47. The lowest BCUT2D eigenvalue weighted by molar-refractivity contribution is 0.823. The molecule has 0 N–H and O–H groups in total. The molecule has 1 nitrogen and oxygen atoms in total. The molecule has 0 aromatic carbocycles. The third-order valence-electron chi connectivity index (χ3n) is 1.88. The largest absolute Gasteiger partial charge is 0.258 e. The zero-order valence-electron chi connectivity index (χ0n) is 6.51. The Labute approximate surface area is 95.8 Å². The molecule has 0 fully saturated rings. The van der Waals surface area contributed by atoms with Gasteiger partial charge in [0.25, 0.3) is 0 Å². The highest BCUT2D eigenvalue weighted by molar-refractivity contribution is 8.02. The summed E-state index contributed by atoms with van der Waals surface area (Å²) in [6.07, 6.45) is 1.71. The van der Waals surface area contributed by atoms with Crippen molar-refractivity contribution in [1.29, 1.82) is 0 Å². The standard InChI is InChI=1S/C8H6Cl3NS/c9-4-8(11)7(10)6-5(13-8)2-1-3-12-6/h1-3,7H,4H2. The quantitative estimate of drug-likeness (QED) is 0.710. The molecule has 0 amide bonds. The average molecular weight is 255 g/mol. The molecule has 0 saturated heterocycles. The van der Waals surface area contributed by atoms with E-state index in [1.165, 1.54) is 11.8 Å². The Hall–Kier alpha value is 0.370. The van der Waals surface area contributed by atoms with Crippen LogP contribution in [0.2, 0.25) is 0 Å². The second-order valence-electron chi connectivity index (χ2n) is 2.77. The Morgan fingerprint density at radius 3 is 3.00 bits per heavy atom. The van der Waals surface area contributed by atoms with Gasteiger partial charge in [0.2, 0.25) is 0 Å². The number of halogens is 3. The maximum Gasteiger partial charge on any atom is 0.130 e. The van der Waals surface area contributed by atoms with Gasteiger partial charge in [-0.15, -0.1) is 34.8 Å². The minimum absolute atomic E-state index is 0.309. The van der Waals surface area contributed by atoms with Crippen molar-refractivity contribution in [3.8, 4) is 0 Å². The maximum atomic E-state index is 6.23. The van der Waals surface area contributed by atoms with Crippen LogP contribution in [0, 0.1) is 0 Å². The number of aromatic nitrogens is 1. The fourth-order valence-corrected chi connectivity index (χ4v) is 3.47. The molecular weight excluding hydrogens is 249 g/mol. The summed E-state index contributed by atoms with van der Waals surface area (Å²) in [6, 6.07) is 3.82. The molecule has 0 bridgehead atoms. The van der Waals surface area contributed by atoms with Crippen LogP contribution in [0.1, 0.15) is 11.1 Å². The van der Waals surface area contributed by atoms with E-state index in [1.807, 2.05) is 12.1 Å². The van der Waals surface area contributed by atoms with E-state index in [1.54, 1.807) is 6.20 Å². The van der Waals surface area contributed by atoms with Crippen molar-refractivity contribution >= 4 is 46.6 Å². The summed E-state index contributed by atoms with van der Waals surface area (Å²) in [5, 5.41) is -0.312. The van der Waals surface area contributed by atoms with Crippen LogP contribution in [0.5, 0.6) is 0 Å². The smallest absolute Gasteiger partial charge is 0.130 e. The highest BCUT2D eigenvalue weighted by Crippen LogP contribution is 2.57. The van der Waals surface area contributed by atoms with Crippen LogP contribution >= 0.6 is 46.6 Å². The lowest BCUT2D eigenvalue weighted by atomic mass is 10.2. The van der Waals surface area contributed by atoms with E-state index >= 15 is 0 Å². The van der Waals surface area contributed by atoms with Crippen LogP contribution in [0.3, 0.4) is 0 Å². The fraction of sp³-hybridized carbons (Fsp3) is 0.375. The average Bonchev–Trinajstić information content (AvgIpc) is 2.41. The summed E-state index contributed by atoms with van der Waals surface area (Å²) in [5.41, 5.74) is 0.838. The van der Waals surface area contributed by atoms with Crippen LogP contribution in [0.4, 0.5) is 0 Å². The Balaban J connectivity index is 2.43. The highest BCUT2D eigenvalue weighted by atomic mass is 35.5. The molecular formula is C8H6Cl3NS. The van der Waals surface area contributed by atoms with Crippen molar-refractivity contribution in [2.24, 2.45) is 0 Å². The van der Waals surface area contributed by atoms with Crippen LogP contribution in [0.15, 0.2) is 23.2 Å². The summed E-state index contributed by atoms with van der Waals surface area (Å²) < 4.78 is -0.639. The van der Waals surface area contributed by atoms with Crippen LogP contribution in [-0.4, -0.2) is 15.1 Å². The van der Waals surface area contributed by atoms with Crippen molar-refractivity contribution < 1.29 is 0 Å². The number of hydrogen-bond donors (Lipinski definition) is 0. The number of fused-ring (bicyclic) bond motifs is 1. The summed E-state index contributed by atoms with van der Waals surface area (Å²) in [4.78, 5) is 5.21. The maximum absolute atomic E-state index is 6.23. The minimum atomic E-state index is -0.639. The van der Waals surface area contributed by atoms with E-state index in [2.05, 4.69) is 4.98 Å². The van der Waals surface area contributed by atoms with Crippen molar-refractivity contribution in [3.63, 3.8) is 0 Å². The van der Waals surface area contributed by atoms with Crippen LogP contribution < -0.4 is 0 Å². The summed E-state index contributed by atoms with van der Waals surface area (Å²) in [7, 11) is 0. The van der Waals surface area contributed by atoms with E-state index in [0.717, 1.165) is 10.6 Å². The molecule has 1 aliphatic rings. The van der Waals surface area contributed by atoms with E-state index in [9.17, 15) is 0 Å². The molecule has 2 heterocycles. The first kappa shape index (κ1) is 9.91. The topological polar surface area (TPSA) is 12.9 Å². The Morgan fingerprint density at radius 1 is 1.62 bits per heavy atom. The Bertz CT molecular complexity index is 333. The molecule has 13 heavy (non-hydrogen) atoms. The first-order valence-electron chi connectivity index (χ1n) is 3.70. The molecule has 2 rings (SSSR count). The van der Waals surface area contributed by atoms with Gasteiger partial charge in [0, 0.05) is 11.1 Å². The second-order valence-corrected chi connectivity index (χ2v) is 5.75. The van der Waals surface area contributed by atoms with Crippen LogP contribution in [0.25, 0.3) is 0 Å². The summed E-state index contributed by atoms with van der Waals surface area (Å²) in [5.74, 6) is 0.309. The predicted octanol–water partition coefficient (Wildman–Crippen LogP) is 3.64. The van der Waals surface area contributed by atoms with E-state index < -0.39 is 4.21 Å². The predicted molar refractivity (Wildman–Crippen MR) is 58.0 cm³/mol. The molecule has 1 aliphatic heterocycles. The number of nitrogens with zero attached hydrogens (tertiary/aromatic N) is 1. The van der Waals surface area contributed by atoms with Crippen molar-refractivity contribution in [3.05, 3.63) is 24.0 Å². The molecule has 2 atom stereocenters. The first-order valence-corrected chi connectivity index (χ1v) is 5.87. The van der Waals surface area contributed by atoms with Gasteiger partial charge in [0.15, 0.2) is 0 Å². The Kier molecular flexibility index (Phi) is 2.67. The monoisotopic (exact) mass is 253 g/mol. The number of hydrogen-bond acceptors (Lipinski definition) is 2. The van der Waals surface area contributed by atoms with Gasteiger partial charge in [-0.05, 0) is 12.1 Å². The molecule has 5 heteroatoms. The number of rotatable bonds is 1. The van der Waals surface area contributed by atoms with Gasteiger partial charge in [-0.3, -0.25) is 4.98 Å². The molecule has 1 aromatic heterocycles. The third-order valence-corrected chi connectivity index (χ3v) is 5.29. The molecule has 2 unspecified atom stereocenters. The minimum Gasteiger partial charge on any atom is -0.258 e. The second kappa shape index (κ2) is 3.50. The van der Waals surface area contributed by atoms with Crippen molar-refractivity contribution in [1.82, 2.24) is 4.98 Å². The van der Waals surface area contributed by atoms with Gasteiger partial charge in [0.05, 0.1) is 11.6 Å². The van der Waals surface area contributed by atoms with Crippen molar-refractivity contribution in [2.45, 2.75) is 14.5 Å². The van der Waals surface area contributed by atoms with Gasteiger partial charge in [-0.2, -0.15) is 0 Å². The van der Waals surface area contributed by atoms with E-state index in [4.69, 9.17) is 34.8 Å². The van der Waals surface area contributed by atoms with E-state index in [0.29, 0.717) is 5.88 Å². The lowest BCUT2D eigenvalue weighted by Gasteiger charge is -2.19. The van der Waals surface area contributed by atoms with Gasteiger partial charge >= 0.3 is 0 Å². The van der Waals surface area contributed by atoms with Gasteiger partial charge < -0.3 is 0 Å². The molecule has 0 aliphatic carbocycles. The van der Waals surface area contributed by atoms with Crippen LogP contribution in [-0.2, 0) is 0 Å². The molecule has 0 spiro atoms. The van der Waals surface area contributed by atoms with Gasteiger partial charge in [-0.25, -0.2) is 0 Å². The number of thioether (sulfide) groups is 1.